The summed E-state index contributed by atoms with van der Waals surface area (Å²) in [6.07, 6.45) is 7.42. The van der Waals surface area contributed by atoms with Crippen molar-refractivity contribution in [3.05, 3.63) is 42.2 Å². The number of anilines is 1. The third-order valence-electron chi connectivity index (χ3n) is 6.32. The highest BCUT2D eigenvalue weighted by Gasteiger charge is 2.45. The Balaban J connectivity index is 1.34. The van der Waals surface area contributed by atoms with Crippen molar-refractivity contribution < 1.29 is 0 Å². The smallest absolute Gasteiger partial charge is 0.151 e. The van der Waals surface area contributed by atoms with E-state index < -0.39 is 0 Å². The SMILES string of the molecule is c1nc2c(-c3cn[nH]c3)ccc(-c3ccc(N4CCC45CCCNC5)nn3)c2s1. The number of hydrogen-bond acceptors (Lipinski definition) is 7. The van der Waals surface area contributed by atoms with Gasteiger partial charge in [0.05, 0.1) is 33.2 Å². The first-order valence-electron chi connectivity index (χ1n) is 10.0. The molecular formula is C21H21N7S. The van der Waals surface area contributed by atoms with Crippen molar-refractivity contribution in [3.8, 4) is 22.4 Å². The zero-order valence-electron chi connectivity index (χ0n) is 15.9. The fourth-order valence-electron chi connectivity index (χ4n) is 4.69. The van der Waals surface area contributed by atoms with E-state index in [0.29, 0.717) is 0 Å². The number of aromatic amines is 1. The first kappa shape index (κ1) is 17.1. The van der Waals surface area contributed by atoms with Crippen LogP contribution < -0.4 is 10.2 Å². The number of nitrogens with zero attached hydrogens (tertiary/aromatic N) is 5. The van der Waals surface area contributed by atoms with Gasteiger partial charge in [-0.1, -0.05) is 12.1 Å². The summed E-state index contributed by atoms with van der Waals surface area (Å²) < 4.78 is 1.13. The molecule has 4 aromatic rings. The van der Waals surface area contributed by atoms with Crippen LogP contribution in [-0.2, 0) is 0 Å². The van der Waals surface area contributed by atoms with Gasteiger partial charge in [0.2, 0.25) is 0 Å². The number of nitrogens with one attached hydrogen (secondary N) is 2. The van der Waals surface area contributed by atoms with Crippen molar-refractivity contribution in [2.45, 2.75) is 24.8 Å². The molecule has 146 valence electrons. The molecular weight excluding hydrogens is 382 g/mol. The maximum absolute atomic E-state index is 4.61. The van der Waals surface area contributed by atoms with Crippen molar-refractivity contribution in [3.63, 3.8) is 0 Å². The Hall–Kier alpha value is -2.84. The van der Waals surface area contributed by atoms with Gasteiger partial charge in [0.15, 0.2) is 5.82 Å². The minimum atomic E-state index is 0.242. The van der Waals surface area contributed by atoms with Crippen molar-refractivity contribution >= 4 is 27.4 Å². The number of piperidine rings is 1. The van der Waals surface area contributed by atoms with Crippen LogP contribution in [0.4, 0.5) is 5.82 Å². The highest BCUT2D eigenvalue weighted by Crippen LogP contribution is 2.40. The standard InChI is InChI=1S/C21H21N7S/c1-6-21(12-22-8-1)7-9-28(21)18-5-4-17(26-27-18)16-3-2-15(14-10-24-25-11-14)19-20(16)29-13-23-19/h2-5,10-11,13,22H,1,6-9,12H2,(H,24,25). The van der Waals surface area contributed by atoms with Gasteiger partial charge in [-0.3, -0.25) is 5.10 Å². The van der Waals surface area contributed by atoms with E-state index in [1.54, 1.807) is 11.3 Å². The molecule has 2 N–H and O–H groups in total. The molecule has 1 aromatic carbocycles. The molecule has 29 heavy (non-hydrogen) atoms. The minimum absolute atomic E-state index is 0.242. The lowest BCUT2D eigenvalue weighted by Gasteiger charge is -2.55. The van der Waals surface area contributed by atoms with Crippen LogP contribution in [0.15, 0.2) is 42.2 Å². The molecule has 3 aromatic heterocycles. The van der Waals surface area contributed by atoms with E-state index in [9.17, 15) is 0 Å². The largest absolute Gasteiger partial charge is 0.348 e. The molecule has 1 unspecified atom stereocenters. The minimum Gasteiger partial charge on any atom is -0.348 e. The van der Waals surface area contributed by atoms with Crippen molar-refractivity contribution in [2.75, 3.05) is 24.5 Å². The predicted molar refractivity (Wildman–Crippen MR) is 115 cm³/mol. The average Bonchev–Trinajstić information content (AvgIpc) is 3.46. The fourth-order valence-corrected chi connectivity index (χ4v) is 5.53. The lowest BCUT2D eigenvalue weighted by atomic mass is 9.78. The molecule has 2 aliphatic rings. The Kier molecular flexibility index (Phi) is 3.88. The van der Waals surface area contributed by atoms with Crippen molar-refractivity contribution in [1.29, 1.82) is 0 Å². The fraction of sp³-hybridized carbons (Fsp3) is 0.333. The predicted octanol–water partition coefficient (Wildman–Crippen LogP) is 3.48. The molecule has 0 bridgehead atoms. The second kappa shape index (κ2) is 6.60. The summed E-state index contributed by atoms with van der Waals surface area (Å²) in [5.41, 5.74) is 7.19. The highest BCUT2D eigenvalue weighted by molar-refractivity contribution is 7.17. The molecule has 2 saturated heterocycles. The monoisotopic (exact) mass is 403 g/mol. The van der Waals surface area contributed by atoms with Gasteiger partial charge >= 0.3 is 0 Å². The molecule has 1 atom stereocenters. The summed E-state index contributed by atoms with van der Waals surface area (Å²) in [7, 11) is 0. The van der Waals surface area contributed by atoms with Crippen molar-refractivity contribution in [1.82, 2.24) is 30.7 Å². The molecule has 7 nitrogen and oxygen atoms in total. The number of H-pyrrole nitrogens is 1. The first-order valence-corrected chi connectivity index (χ1v) is 10.9. The quantitative estimate of drug-likeness (QED) is 0.545. The van der Waals surface area contributed by atoms with Gasteiger partial charge in [-0.05, 0) is 37.9 Å². The van der Waals surface area contributed by atoms with Crippen LogP contribution in [0.5, 0.6) is 0 Å². The Labute approximate surface area is 172 Å². The van der Waals surface area contributed by atoms with Gasteiger partial charge < -0.3 is 10.2 Å². The zero-order valence-corrected chi connectivity index (χ0v) is 16.7. The Bertz CT molecular complexity index is 1140. The van der Waals surface area contributed by atoms with E-state index in [-0.39, 0.29) is 5.54 Å². The van der Waals surface area contributed by atoms with E-state index in [4.69, 9.17) is 0 Å². The molecule has 6 rings (SSSR count). The molecule has 5 heterocycles. The van der Waals surface area contributed by atoms with Crippen LogP contribution >= 0.6 is 11.3 Å². The second-order valence-corrected chi connectivity index (χ2v) is 8.72. The number of thiazole rings is 1. The van der Waals surface area contributed by atoms with Gasteiger partial charge in [0, 0.05) is 36.0 Å². The summed E-state index contributed by atoms with van der Waals surface area (Å²) >= 11 is 1.64. The third kappa shape index (κ3) is 2.67. The molecule has 0 radical (unpaired) electrons. The molecule has 0 aliphatic carbocycles. The summed E-state index contributed by atoms with van der Waals surface area (Å²) in [5.74, 6) is 0.985. The van der Waals surface area contributed by atoms with Crippen LogP contribution in [0.2, 0.25) is 0 Å². The number of rotatable bonds is 3. The molecule has 0 amide bonds. The summed E-state index contributed by atoms with van der Waals surface area (Å²) in [6.45, 7) is 3.24. The number of benzene rings is 1. The topological polar surface area (TPSA) is 82.6 Å². The van der Waals surface area contributed by atoms with E-state index in [2.05, 4.69) is 59.9 Å². The average molecular weight is 404 g/mol. The van der Waals surface area contributed by atoms with Crippen LogP contribution in [0.1, 0.15) is 19.3 Å². The van der Waals surface area contributed by atoms with Gasteiger partial charge in [0.1, 0.15) is 0 Å². The molecule has 1 spiro atoms. The lowest BCUT2D eigenvalue weighted by Crippen LogP contribution is -2.67. The molecule has 8 heteroatoms. The van der Waals surface area contributed by atoms with Gasteiger partial charge in [-0.25, -0.2) is 4.98 Å². The van der Waals surface area contributed by atoms with E-state index in [1.807, 2.05) is 17.9 Å². The maximum Gasteiger partial charge on any atom is 0.151 e. The molecule has 2 fully saturated rings. The molecule has 2 aliphatic heterocycles. The van der Waals surface area contributed by atoms with E-state index in [0.717, 1.165) is 58.1 Å². The van der Waals surface area contributed by atoms with E-state index in [1.165, 1.54) is 19.3 Å². The zero-order chi connectivity index (χ0) is 19.3. The van der Waals surface area contributed by atoms with Crippen molar-refractivity contribution in [2.24, 2.45) is 0 Å². The maximum atomic E-state index is 4.61. The van der Waals surface area contributed by atoms with Crippen LogP contribution in [0.3, 0.4) is 0 Å². The highest BCUT2D eigenvalue weighted by atomic mass is 32.1. The number of aromatic nitrogens is 5. The summed E-state index contributed by atoms with van der Waals surface area (Å²) in [5, 5.41) is 19.7. The van der Waals surface area contributed by atoms with E-state index >= 15 is 0 Å². The molecule has 0 saturated carbocycles. The first-order chi connectivity index (χ1) is 14.3. The normalized spacial score (nSPS) is 21.6. The van der Waals surface area contributed by atoms with Crippen LogP contribution in [-0.4, -0.2) is 50.6 Å². The Morgan fingerprint density at radius 2 is 2.03 bits per heavy atom. The summed E-state index contributed by atoms with van der Waals surface area (Å²) in [6, 6.07) is 8.42. The van der Waals surface area contributed by atoms with Gasteiger partial charge in [0.25, 0.3) is 0 Å². The number of hydrogen-bond donors (Lipinski definition) is 2. The Morgan fingerprint density at radius 1 is 1.07 bits per heavy atom. The second-order valence-electron chi connectivity index (χ2n) is 7.86. The van der Waals surface area contributed by atoms with Crippen LogP contribution in [0, 0.1) is 0 Å². The van der Waals surface area contributed by atoms with Gasteiger partial charge in [-0.15, -0.1) is 21.5 Å². The lowest BCUT2D eigenvalue weighted by molar-refractivity contribution is 0.209. The number of fused-ring (bicyclic) bond motifs is 1. The third-order valence-corrected chi connectivity index (χ3v) is 7.18. The van der Waals surface area contributed by atoms with Crippen LogP contribution in [0.25, 0.3) is 32.6 Å². The van der Waals surface area contributed by atoms with Gasteiger partial charge in [-0.2, -0.15) is 5.10 Å². The Morgan fingerprint density at radius 3 is 2.76 bits per heavy atom. The summed E-state index contributed by atoms with van der Waals surface area (Å²) in [4.78, 5) is 7.03.